The Labute approximate surface area is 177 Å². The second-order valence-electron chi connectivity index (χ2n) is 8.02. The number of carbonyl (C=O) groups excluding carboxylic acids is 1. The van der Waals surface area contributed by atoms with Gasteiger partial charge in [0.25, 0.3) is 0 Å². The van der Waals surface area contributed by atoms with Crippen LogP contribution in [0.1, 0.15) is 24.9 Å². The molecular weight excluding hydrogens is 393 g/mol. The van der Waals surface area contributed by atoms with Crippen LogP contribution in [0.25, 0.3) is 0 Å². The second kappa shape index (κ2) is 8.22. The Balaban J connectivity index is 1.79. The first kappa shape index (κ1) is 20.6. The Morgan fingerprint density at radius 1 is 0.933 bits per heavy atom. The topological polar surface area (TPSA) is 55.4 Å². The van der Waals surface area contributed by atoms with Crippen LogP contribution in [-0.4, -0.2) is 13.1 Å². The molecule has 1 saturated carbocycles. The van der Waals surface area contributed by atoms with Gasteiger partial charge in [0, 0.05) is 16.7 Å². The van der Waals surface area contributed by atoms with Gasteiger partial charge in [0.2, 0.25) is 7.29 Å². The van der Waals surface area contributed by atoms with Crippen LogP contribution in [0, 0.1) is 11.3 Å². The molecule has 3 atom stereocenters. The highest BCUT2D eigenvalue weighted by molar-refractivity contribution is 7.76. The van der Waals surface area contributed by atoms with E-state index in [0.717, 1.165) is 16.2 Å². The first-order valence-electron chi connectivity index (χ1n) is 10.1. The third-order valence-corrected chi connectivity index (χ3v) is 8.77. The Kier molecular flexibility index (Phi) is 5.64. The Bertz CT molecular complexity index is 1010. The van der Waals surface area contributed by atoms with Crippen molar-refractivity contribution in [2.45, 2.75) is 19.4 Å². The van der Waals surface area contributed by atoms with Crippen molar-refractivity contribution >= 4 is 23.9 Å². The third kappa shape index (κ3) is 3.74. The average molecular weight is 419 g/mol. The van der Waals surface area contributed by atoms with Crippen molar-refractivity contribution in [3.8, 4) is 0 Å². The van der Waals surface area contributed by atoms with Gasteiger partial charge in [0.15, 0.2) is 0 Å². The molecule has 30 heavy (non-hydrogen) atoms. The molecule has 1 aliphatic rings. The number of ether oxygens (including phenoxy) is 1. The number of benzene rings is 3. The first-order chi connectivity index (χ1) is 14.5. The molecule has 0 radical (unpaired) electrons. The van der Waals surface area contributed by atoms with Crippen molar-refractivity contribution in [1.29, 1.82) is 0 Å². The van der Waals surface area contributed by atoms with Crippen molar-refractivity contribution in [1.82, 2.24) is 5.09 Å². The van der Waals surface area contributed by atoms with Gasteiger partial charge < -0.3 is 4.74 Å². The molecule has 1 fully saturated rings. The number of methoxy groups -OCH3 is 1. The van der Waals surface area contributed by atoms with Crippen molar-refractivity contribution < 1.29 is 14.1 Å². The summed E-state index contributed by atoms with van der Waals surface area (Å²) in [5, 5.41) is 5.02. The second-order valence-corrected chi connectivity index (χ2v) is 10.5. The number of carbonyl (C=O) groups is 1. The van der Waals surface area contributed by atoms with Crippen molar-refractivity contribution in [2.24, 2.45) is 11.3 Å². The van der Waals surface area contributed by atoms with Gasteiger partial charge >= 0.3 is 5.97 Å². The predicted molar refractivity (Wildman–Crippen MR) is 120 cm³/mol. The van der Waals surface area contributed by atoms with Crippen LogP contribution in [-0.2, 0) is 14.1 Å². The molecule has 3 aromatic carbocycles. The lowest BCUT2D eigenvalue weighted by Crippen LogP contribution is -2.33. The number of hydrogen-bond donors (Lipinski definition) is 1. The maximum atomic E-state index is 14.6. The van der Waals surface area contributed by atoms with E-state index in [2.05, 4.69) is 5.09 Å². The fraction of sp³-hybridized carbons (Fsp3) is 0.240. The molecule has 0 amide bonds. The molecular formula is C25H26NO3P. The lowest BCUT2D eigenvalue weighted by Gasteiger charge is -2.28. The van der Waals surface area contributed by atoms with Gasteiger partial charge in [0.1, 0.15) is 0 Å². The summed E-state index contributed by atoms with van der Waals surface area (Å²) in [5.74, 6) is -0.224. The summed E-state index contributed by atoms with van der Waals surface area (Å²) in [5.41, 5.74) is 0.433. The zero-order chi connectivity index (χ0) is 21.2. The fourth-order valence-electron chi connectivity index (χ4n) is 4.18. The number of esters is 1. The fourth-order valence-corrected chi connectivity index (χ4v) is 6.68. The maximum Gasteiger partial charge on any atom is 0.311 e. The monoisotopic (exact) mass is 419 g/mol. The molecule has 1 aliphatic carbocycles. The molecule has 0 bridgehead atoms. The Morgan fingerprint density at radius 2 is 1.40 bits per heavy atom. The zero-order valence-electron chi connectivity index (χ0n) is 17.2. The number of rotatable bonds is 7. The third-order valence-electron chi connectivity index (χ3n) is 6.08. The van der Waals surface area contributed by atoms with Gasteiger partial charge in [-0.05, 0) is 49.1 Å². The van der Waals surface area contributed by atoms with Crippen LogP contribution in [0.2, 0.25) is 0 Å². The first-order valence-corrected chi connectivity index (χ1v) is 11.8. The van der Waals surface area contributed by atoms with Crippen LogP contribution in [0.15, 0.2) is 91.0 Å². The molecule has 0 unspecified atom stereocenters. The molecule has 5 heteroatoms. The lowest BCUT2D eigenvalue weighted by atomic mass is 9.97. The normalized spacial score (nSPS) is 21.6. The van der Waals surface area contributed by atoms with Crippen LogP contribution < -0.4 is 15.7 Å². The molecule has 0 aliphatic heterocycles. The molecule has 0 aromatic heterocycles. The van der Waals surface area contributed by atoms with Gasteiger partial charge in [-0.25, -0.2) is 0 Å². The van der Waals surface area contributed by atoms with Crippen molar-refractivity contribution in [2.75, 3.05) is 7.11 Å². The van der Waals surface area contributed by atoms with E-state index in [4.69, 9.17) is 4.74 Å². The SMILES string of the molecule is COC(=O)[C@]1(C)C[C@H]1[C@H](NP(=O)(c1ccccc1)c1ccccc1)c1ccccc1. The highest BCUT2D eigenvalue weighted by atomic mass is 31.2. The molecule has 4 rings (SSSR count). The average Bonchev–Trinajstić information content (AvgIpc) is 3.50. The van der Waals surface area contributed by atoms with E-state index in [1.165, 1.54) is 7.11 Å². The highest BCUT2D eigenvalue weighted by Crippen LogP contribution is 2.61. The van der Waals surface area contributed by atoms with E-state index in [9.17, 15) is 9.36 Å². The number of hydrogen-bond acceptors (Lipinski definition) is 3. The van der Waals surface area contributed by atoms with E-state index >= 15 is 0 Å². The summed E-state index contributed by atoms with van der Waals surface area (Å²) in [6.45, 7) is 1.93. The molecule has 1 N–H and O–H groups in total. The van der Waals surface area contributed by atoms with Gasteiger partial charge in [0.05, 0.1) is 12.5 Å². The molecule has 154 valence electrons. The van der Waals surface area contributed by atoms with Crippen LogP contribution in [0.3, 0.4) is 0 Å². The van der Waals surface area contributed by atoms with E-state index in [0.29, 0.717) is 6.42 Å². The van der Waals surface area contributed by atoms with Gasteiger partial charge in [-0.2, -0.15) is 0 Å². The lowest BCUT2D eigenvalue weighted by molar-refractivity contribution is -0.147. The number of nitrogens with one attached hydrogen (secondary N) is 1. The van der Waals surface area contributed by atoms with Crippen molar-refractivity contribution in [3.05, 3.63) is 96.6 Å². The largest absolute Gasteiger partial charge is 0.469 e. The van der Waals surface area contributed by atoms with E-state index in [1.807, 2.05) is 97.9 Å². The van der Waals surface area contributed by atoms with E-state index in [-0.39, 0.29) is 17.9 Å². The van der Waals surface area contributed by atoms with Crippen LogP contribution in [0.5, 0.6) is 0 Å². The Morgan fingerprint density at radius 3 is 1.87 bits per heavy atom. The smallest absolute Gasteiger partial charge is 0.311 e. The zero-order valence-corrected chi connectivity index (χ0v) is 18.1. The molecule has 3 aromatic rings. The standard InChI is InChI=1S/C25H26NO3P/c1-25(24(27)29-2)18-22(25)23(19-12-6-3-7-13-19)26-30(28,20-14-8-4-9-15-20)21-16-10-5-11-17-21/h3-17,22-23H,18H2,1-2H3,(H,26,28)/t22-,23+,25+/m0/s1. The maximum absolute atomic E-state index is 14.6. The molecule has 0 saturated heterocycles. The highest BCUT2D eigenvalue weighted by Gasteiger charge is 2.61. The minimum Gasteiger partial charge on any atom is -0.469 e. The minimum atomic E-state index is -3.16. The van der Waals surface area contributed by atoms with Gasteiger partial charge in [-0.1, -0.05) is 66.7 Å². The minimum absolute atomic E-state index is 0.00639. The summed E-state index contributed by atoms with van der Waals surface area (Å²) in [6.07, 6.45) is 0.690. The molecule has 4 nitrogen and oxygen atoms in total. The predicted octanol–water partition coefficient (Wildman–Crippen LogP) is 4.45. The van der Waals surface area contributed by atoms with E-state index in [1.54, 1.807) is 0 Å². The van der Waals surface area contributed by atoms with Gasteiger partial charge in [-0.15, -0.1) is 0 Å². The summed E-state index contributed by atoms with van der Waals surface area (Å²) < 4.78 is 19.6. The molecule has 0 spiro atoms. The van der Waals surface area contributed by atoms with Gasteiger partial charge in [-0.3, -0.25) is 14.4 Å². The van der Waals surface area contributed by atoms with Crippen LogP contribution in [0.4, 0.5) is 0 Å². The summed E-state index contributed by atoms with van der Waals surface area (Å²) in [4.78, 5) is 12.4. The summed E-state index contributed by atoms with van der Waals surface area (Å²) >= 11 is 0. The van der Waals surface area contributed by atoms with Crippen LogP contribution >= 0.6 is 7.29 Å². The Hall–Kier alpha value is -2.68. The summed E-state index contributed by atoms with van der Waals surface area (Å²) in [7, 11) is -1.73. The quantitative estimate of drug-likeness (QED) is 0.454. The van der Waals surface area contributed by atoms with E-state index < -0.39 is 12.7 Å². The van der Waals surface area contributed by atoms with Crippen molar-refractivity contribution in [3.63, 3.8) is 0 Å². The summed E-state index contributed by atoms with van der Waals surface area (Å²) in [6, 6.07) is 28.7. The molecule has 0 heterocycles.